The number of carbonyl (C=O) groups is 1. The molecule has 3 aromatic carbocycles. The molecule has 0 aromatic heterocycles. The fourth-order valence-electron chi connectivity index (χ4n) is 3.67. The van der Waals surface area contributed by atoms with Crippen LogP contribution in [-0.4, -0.2) is 26.7 Å². The van der Waals surface area contributed by atoms with Crippen molar-refractivity contribution in [3.05, 3.63) is 89.0 Å². The Kier molecular flexibility index (Phi) is 7.68. The van der Waals surface area contributed by atoms with Crippen LogP contribution in [0.4, 0.5) is 5.69 Å². The van der Waals surface area contributed by atoms with Gasteiger partial charge in [-0.25, -0.2) is 0 Å². The predicted molar refractivity (Wildman–Crippen MR) is 125 cm³/mol. The Bertz CT molecular complexity index is 998. The first-order valence-corrected chi connectivity index (χ1v) is 10.4. The van der Waals surface area contributed by atoms with Crippen LogP contribution in [0.15, 0.2) is 66.7 Å². The van der Waals surface area contributed by atoms with Crippen LogP contribution < -0.4 is 20.1 Å². The molecule has 3 rings (SSSR count). The molecule has 0 fully saturated rings. The normalized spacial score (nSPS) is 11.6. The van der Waals surface area contributed by atoms with E-state index in [1.54, 1.807) is 14.2 Å². The van der Waals surface area contributed by atoms with E-state index >= 15 is 0 Å². The highest BCUT2D eigenvalue weighted by molar-refractivity contribution is 5.95. The Balaban J connectivity index is 1.72. The molecule has 0 aliphatic carbocycles. The third kappa shape index (κ3) is 6.09. The van der Waals surface area contributed by atoms with E-state index in [4.69, 9.17) is 9.47 Å². The second-order valence-electron chi connectivity index (χ2n) is 7.60. The van der Waals surface area contributed by atoms with Crippen LogP contribution in [0, 0.1) is 13.8 Å². The number of benzene rings is 3. The average molecular weight is 419 g/mol. The van der Waals surface area contributed by atoms with E-state index < -0.39 is 6.04 Å². The van der Waals surface area contributed by atoms with Crippen LogP contribution in [0.25, 0.3) is 0 Å². The van der Waals surface area contributed by atoms with Crippen LogP contribution in [0.2, 0.25) is 0 Å². The Hall–Kier alpha value is -3.31. The zero-order chi connectivity index (χ0) is 22.2. The van der Waals surface area contributed by atoms with Crippen molar-refractivity contribution in [2.24, 2.45) is 0 Å². The maximum Gasteiger partial charge on any atom is 0.246 e. The Morgan fingerprint density at radius 2 is 1.55 bits per heavy atom. The third-order valence-electron chi connectivity index (χ3n) is 5.09. The van der Waals surface area contributed by atoms with Crippen LogP contribution in [0.3, 0.4) is 0 Å². The summed E-state index contributed by atoms with van der Waals surface area (Å²) in [6.07, 6.45) is 0.751. The van der Waals surface area contributed by atoms with Gasteiger partial charge in [-0.3, -0.25) is 4.79 Å². The van der Waals surface area contributed by atoms with Gasteiger partial charge in [-0.15, -0.1) is 0 Å². The summed E-state index contributed by atoms with van der Waals surface area (Å²) >= 11 is 0. The monoisotopic (exact) mass is 418 g/mol. The SMILES string of the molecule is COc1ccc(CCNC(C(=O)Nc2cc(C)cc(C)c2)c2ccccc2)cc1OC. The lowest BCUT2D eigenvalue weighted by Gasteiger charge is -2.20. The highest BCUT2D eigenvalue weighted by Gasteiger charge is 2.20. The Labute approximate surface area is 184 Å². The number of amides is 1. The van der Waals surface area contributed by atoms with Crippen LogP contribution in [0.1, 0.15) is 28.3 Å². The molecular formula is C26H30N2O3. The highest BCUT2D eigenvalue weighted by Crippen LogP contribution is 2.27. The summed E-state index contributed by atoms with van der Waals surface area (Å²) in [5.41, 5.74) is 5.08. The van der Waals surface area contributed by atoms with E-state index in [2.05, 4.69) is 16.7 Å². The van der Waals surface area contributed by atoms with Gasteiger partial charge < -0.3 is 20.1 Å². The number of rotatable bonds is 9. The van der Waals surface area contributed by atoms with Crippen molar-refractivity contribution in [2.45, 2.75) is 26.3 Å². The second kappa shape index (κ2) is 10.6. The maximum absolute atomic E-state index is 13.2. The van der Waals surface area contributed by atoms with Gasteiger partial charge in [0, 0.05) is 12.2 Å². The summed E-state index contributed by atoms with van der Waals surface area (Å²) < 4.78 is 10.7. The van der Waals surface area contributed by atoms with Gasteiger partial charge in [-0.05, 0) is 66.8 Å². The zero-order valence-corrected chi connectivity index (χ0v) is 18.6. The molecule has 0 aliphatic heterocycles. The van der Waals surface area contributed by atoms with E-state index in [9.17, 15) is 4.79 Å². The third-order valence-corrected chi connectivity index (χ3v) is 5.09. The molecule has 162 valence electrons. The molecule has 3 aromatic rings. The molecule has 1 atom stereocenters. The minimum absolute atomic E-state index is 0.0801. The molecule has 1 unspecified atom stereocenters. The average Bonchev–Trinajstić information content (AvgIpc) is 2.76. The highest BCUT2D eigenvalue weighted by atomic mass is 16.5. The molecule has 5 nitrogen and oxygen atoms in total. The first-order valence-electron chi connectivity index (χ1n) is 10.4. The molecule has 0 bridgehead atoms. The fraction of sp³-hybridized carbons (Fsp3) is 0.269. The minimum Gasteiger partial charge on any atom is -0.493 e. The summed E-state index contributed by atoms with van der Waals surface area (Å²) in [5.74, 6) is 1.32. The van der Waals surface area contributed by atoms with Crippen molar-refractivity contribution in [3.8, 4) is 11.5 Å². The summed E-state index contributed by atoms with van der Waals surface area (Å²) in [6.45, 7) is 4.69. The van der Waals surface area contributed by atoms with Crippen molar-refractivity contribution >= 4 is 11.6 Å². The van der Waals surface area contributed by atoms with Gasteiger partial charge in [-0.2, -0.15) is 0 Å². The summed E-state index contributed by atoms with van der Waals surface area (Å²) in [5, 5.41) is 6.48. The fourth-order valence-corrected chi connectivity index (χ4v) is 3.67. The van der Waals surface area contributed by atoms with Gasteiger partial charge in [-0.1, -0.05) is 42.5 Å². The number of methoxy groups -OCH3 is 2. The molecular weight excluding hydrogens is 388 g/mol. The van der Waals surface area contributed by atoms with Crippen molar-refractivity contribution in [1.82, 2.24) is 5.32 Å². The molecule has 31 heavy (non-hydrogen) atoms. The summed E-state index contributed by atoms with van der Waals surface area (Å²) in [4.78, 5) is 13.2. The topological polar surface area (TPSA) is 59.6 Å². The van der Waals surface area contributed by atoms with Crippen LogP contribution >= 0.6 is 0 Å². The van der Waals surface area contributed by atoms with Gasteiger partial charge >= 0.3 is 0 Å². The lowest BCUT2D eigenvalue weighted by Crippen LogP contribution is -2.34. The molecule has 1 amide bonds. The number of anilines is 1. The number of nitrogens with one attached hydrogen (secondary N) is 2. The predicted octanol–water partition coefficient (Wildman–Crippen LogP) is 4.83. The van der Waals surface area contributed by atoms with Gasteiger partial charge in [0.1, 0.15) is 6.04 Å². The zero-order valence-electron chi connectivity index (χ0n) is 18.6. The smallest absolute Gasteiger partial charge is 0.246 e. The van der Waals surface area contributed by atoms with Crippen LogP contribution in [-0.2, 0) is 11.2 Å². The summed E-state index contributed by atoms with van der Waals surface area (Å²) in [7, 11) is 3.25. The van der Waals surface area contributed by atoms with E-state index in [1.807, 2.05) is 74.5 Å². The van der Waals surface area contributed by atoms with Crippen molar-refractivity contribution in [2.75, 3.05) is 26.1 Å². The molecule has 0 spiro atoms. The summed E-state index contributed by atoms with van der Waals surface area (Å²) in [6, 6.07) is 21.3. The Morgan fingerprint density at radius 1 is 0.871 bits per heavy atom. The van der Waals surface area contributed by atoms with Gasteiger partial charge in [0.05, 0.1) is 14.2 Å². The number of hydrogen-bond acceptors (Lipinski definition) is 4. The number of hydrogen-bond donors (Lipinski definition) is 2. The molecule has 2 N–H and O–H groups in total. The minimum atomic E-state index is -0.456. The van der Waals surface area contributed by atoms with Gasteiger partial charge in [0.2, 0.25) is 5.91 Å². The lowest BCUT2D eigenvalue weighted by molar-refractivity contribution is -0.118. The van der Waals surface area contributed by atoms with E-state index in [-0.39, 0.29) is 5.91 Å². The van der Waals surface area contributed by atoms with E-state index in [0.717, 1.165) is 34.4 Å². The molecule has 0 saturated heterocycles. The van der Waals surface area contributed by atoms with E-state index in [0.29, 0.717) is 18.0 Å². The van der Waals surface area contributed by atoms with Crippen LogP contribution in [0.5, 0.6) is 11.5 Å². The molecule has 0 heterocycles. The maximum atomic E-state index is 13.2. The molecule has 5 heteroatoms. The molecule has 0 aliphatic rings. The Morgan fingerprint density at radius 3 is 2.19 bits per heavy atom. The quantitative estimate of drug-likeness (QED) is 0.522. The molecule has 0 radical (unpaired) electrons. The van der Waals surface area contributed by atoms with Crippen molar-refractivity contribution < 1.29 is 14.3 Å². The second-order valence-corrected chi connectivity index (χ2v) is 7.60. The van der Waals surface area contributed by atoms with Crippen molar-refractivity contribution in [1.29, 1.82) is 0 Å². The lowest BCUT2D eigenvalue weighted by atomic mass is 10.0. The molecule has 0 saturated carbocycles. The number of ether oxygens (including phenoxy) is 2. The first-order chi connectivity index (χ1) is 15.0. The van der Waals surface area contributed by atoms with E-state index in [1.165, 1.54) is 0 Å². The first kappa shape index (κ1) is 22.4. The largest absolute Gasteiger partial charge is 0.493 e. The van der Waals surface area contributed by atoms with Gasteiger partial charge in [0.15, 0.2) is 11.5 Å². The number of aryl methyl sites for hydroxylation is 2. The number of carbonyl (C=O) groups excluding carboxylic acids is 1. The van der Waals surface area contributed by atoms with Crippen molar-refractivity contribution in [3.63, 3.8) is 0 Å². The van der Waals surface area contributed by atoms with Gasteiger partial charge in [0.25, 0.3) is 0 Å². The standard InChI is InChI=1S/C26H30N2O3/c1-18-14-19(2)16-22(15-18)28-26(29)25(21-8-6-5-7-9-21)27-13-12-20-10-11-23(30-3)24(17-20)31-4/h5-11,14-17,25,27H,12-13H2,1-4H3,(H,28,29).